The molecule has 2 aromatic heterocycles. The van der Waals surface area contributed by atoms with Gasteiger partial charge in [0, 0.05) is 26.2 Å². The molecule has 5 nitrogen and oxygen atoms in total. The van der Waals surface area contributed by atoms with E-state index in [1.54, 1.807) is 18.3 Å². The highest BCUT2D eigenvalue weighted by Gasteiger charge is 2.09. The molecule has 0 fully saturated rings. The largest absolute Gasteiger partial charge is 0.318 e. The number of halogens is 2. The second-order valence-corrected chi connectivity index (χ2v) is 6.88. The van der Waals surface area contributed by atoms with E-state index in [2.05, 4.69) is 92.1 Å². The van der Waals surface area contributed by atoms with E-state index in [0.29, 0.717) is 11.0 Å². The Morgan fingerprint density at radius 2 is 1.88 bits per heavy atom. The van der Waals surface area contributed by atoms with Crippen LogP contribution in [-0.2, 0) is 0 Å². The first-order chi connectivity index (χ1) is 11.5. The Morgan fingerprint density at radius 1 is 1.12 bits per heavy atom. The molecule has 0 bridgehead atoms. The number of hydrazone groups is 1. The molecule has 0 radical (unpaired) electrons. The number of rotatable bonds is 4. The Kier molecular flexibility index (Phi) is 5.15. The molecule has 24 heavy (non-hydrogen) atoms. The molecular formula is C17H15ClIN5. The van der Waals surface area contributed by atoms with Gasteiger partial charge in [0.05, 0.1) is 6.21 Å². The van der Waals surface area contributed by atoms with Gasteiger partial charge in [-0.05, 0) is 78.9 Å². The quantitative estimate of drug-likeness (QED) is 0.359. The van der Waals surface area contributed by atoms with E-state index in [1.165, 1.54) is 3.57 Å². The Bertz CT molecular complexity index is 869. The van der Waals surface area contributed by atoms with Crippen molar-refractivity contribution in [3.63, 3.8) is 0 Å². The maximum Gasteiger partial charge on any atom is 0.168 e. The van der Waals surface area contributed by atoms with Gasteiger partial charge in [-0.25, -0.2) is 0 Å². The monoisotopic (exact) mass is 451 g/mol. The van der Waals surface area contributed by atoms with Crippen LogP contribution in [-0.4, -0.2) is 21.0 Å². The summed E-state index contributed by atoms with van der Waals surface area (Å²) in [4.78, 5) is 0. The molecule has 0 atom stereocenters. The van der Waals surface area contributed by atoms with Crippen molar-refractivity contribution >= 4 is 46.2 Å². The van der Waals surface area contributed by atoms with Crippen molar-refractivity contribution in [3.05, 3.63) is 68.1 Å². The summed E-state index contributed by atoms with van der Waals surface area (Å²) in [6, 6.07) is 13.9. The van der Waals surface area contributed by atoms with Gasteiger partial charge in [-0.2, -0.15) is 5.10 Å². The molecule has 122 valence electrons. The molecule has 0 saturated carbocycles. The van der Waals surface area contributed by atoms with E-state index in [1.807, 2.05) is 0 Å². The van der Waals surface area contributed by atoms with Crippen LogP contribution in [0.1, 0.15) is 17.0 Å². The summed E-state index contributed by atoms with van der Waals surface area (Å²) in [5, 5.41) is 12.2. The fraction of sp³-hybridized carbons (Fsp3) is 0.118. The predicted molar refractivity (Wildman–Crippen MR) is 106 cm³/mol. The number of hydrogen-bond donors (Lipinski definition) is 1. The van der Waals surface area contributed by atoms with Gasteiger partial charge in [0.15, 0.2) is 11.0 Å². The van der Waals surface area contributed by atoms with E-state index in [-0.39, 0.29) is 0 Å². The minimum Gasteiger partial charge on any atom is -0.318 e. The van der Waals surface area contributed by atoms with Gasteiger partial charge in [-0.3, -0.25) is 5.43 Å². The lowest BCUT2D eigenvalue weighted by Gasteiger charge is -2.09. The van der Waals surface area contributed by atoms with Gasteiger partial charge in [0.25, 0.3) is 0 Å². The van der Waals surface area contributed by atoms with Gasteiger partial charge < -0.3 is 4.57 Å². The molecule has 3 rings (SSSR count). The van der Waals surface area contributed by atoms with Crippen LogP contribution >= 0.6 is 34.2 Å². The Morgan fingerprint density at radius 3 is 2.54 bits per heavy atom. The van der Waals surface area contributed by atoms with E-state index in [9.17, 15) is 0 Å². The lowest BCUT2D eigenvalue weighted by atomic mass is 10.2. The first-order valence-electron chi connectivity index (χ1n) is 7.28. The van der Waals surface area contributed by atoms with Crippen molar-refractivity contribution in [3.8, 4) is 5.69 Å². The fourth-order valence-electron chi connectivity index (χ4n) is 2.45. The molecule has 2 heterocycles. The molecule has 0 aliphatic heterocycles. The number of anilines is 1. The minimum atomic E-state index is 0.352. The molecule has 1 N–H and O–H groups in total. The summed E-state index contributed by atoms with van der Waals surface area (Å²) in [5.74, 6) is 0.544. The van der Waals surface area contributed by atoms with Crippen molar-refractivity contribution in [1.82, 2.24) is 14.8 Å². The number of benzene rings is 1. The van der Waals surface area contributed by atoms with Crippen LogP contribution in [0.15, 0.2) is 47.6 Å². The first-order valence-corrected chi connectivity index (χ1v) is 8.73. The summed E-state index contributed by atoms with van der Waals surface area (Å²) in [7, 11) is 0. The molecule has 0 aliphatic carbocycles. The van der Waals surface area contributed by atoms with Gasteiger partial charge >= 0.3 is 0 Å². The molecule has 0 aliphatic rings. The zero-order valence-electron chi connectivity index (χ0n) is 13.2. The lowest BCUT2D eigenvalue weighted by molar-refractivity contribution is 0.964. The normalized spacial score (nSPS) is 11.2. The standard InChI is InChI=1S/C17H15ClIN5/c1-11-9-13(10-20-22-17-8-7-16(18)21-23-17)12(2)24(11)15-5-3-14(19)4-6-15/h3-10H,1-2H3,(H,22,23)/b20-10+. The van der Waals surface area contributed by atoms with E-state index in [0.717, 1.165) is 22.6 Å². The topological polar surface area (TPSA) is 55.1 Å². The zero-order valence-corrected chi connectivity index (χ0v) is 16.1. The number of nitrogens with zero attached hydrogens (tertiary/aromatic N) is 4. The lowest BCUT2D eigenvalue weighted by Crippen LogP contribution is -2.00. The van der Waals surface area contributed by atoms with Crippen molar-refractivity contribution in [2.75, 3.05) is 5.43 Å². The summed E-state index contributed by atoms with van der Waals surface area (Å²) < 4.78 is 3.42. The van der Waals surface area contributed by atoms with Gasteiger partial charge in [0.1, 0.15) is 0 Å². The summed E-state index contributed by atoms with van der Waals surface area (Å²) in [6.07, 6.45) is 1.78. The molecule has 1 aromatic carbocycles. The van der Waals surface area contributed by atoms with Crippen LogP contribution in [0.25, 0.3) is 5.69 Å². The highest BCUT2D eigenvalue weighted by Crippen LogP contribution is 2.20. The highest BCUT2D eigenvalue weighted by molar-refractivity contribution is 14.1. The van der Waals surface area contributed by atoms with Gasteiger partial charge in [0.2, 0.25) is 0 Å². The average molecular weight is 452 g/mol. The molecular weight excluding hydrogens is 437 g/mol. The fourth-order valence-corrected chi connectivity index (χ4v) is 2.91. The number of nitrogens with one attached hydrogen (secondary N) is 1. The zero-order chi connectivity index (χ0) is 17.1. The molecule has 7 heteroatoms. The Labute approximate surface area is 158 Å². The van der Waals surface area contributed by atoms with E-state index >= 15 is 0 Å². The summed E-state index contributed by atoms with van der Waals surface area (Å²) in [5.41, 5.74) is 7.31. The molecule has 0 spiro atoms. The molecule has 0 unspecified atom stereocenters. The van der Waals surface area contributed by atoms with Gasteiger partial charge in [-0.1, -0.05) is 11.6 Å². The third kappa shape index (κ3) is 3.76. The van der Waals surface area contributed by atoms with Crippen LogP contribution in [0, 0.1) is 17.4 Å². The second-order valence-electron chi connectivity index (χ2n) is 5.25. The van der Waals surface area contributed by atoms with Crippen LogP contribution in [0.2, 0.25) is 5.15 Å². The van der Waals surface area contributed by atoms with Crippen molar-refractivity contribution < 1.29 is 0 Å². The Balaban J connectivity index is 1.82. The molecule has 0 saturated heterocycles. The SMILES string of the molecule is Cc1cc(/C=N/Nc2ccc(Cl)nn2)c(C)n1-c1ccc(I)cc1. The van der Waals surface area contributed by atoms with Crippen molar-refractivity contribution in [2.45, 2.75) is 13.8 Å². The summed E-state index contributed by atoms with van der Waals surface area (Å²) in [6.45, 7) is 4.16. The highest BCUT2D eigenvalue weighted by atomic mass is 127. The molecule has 3 aromatic rings. The summed E-state index contributed by atoms with van der Waals surface area (Å²) >= 11 is 8.01. The maximum absolute atomic E-state index is 5.71. The van der Waals surface area contributed by atoms with E-state index in [4.69, 9.17) is 11.6 Å². The third-order valence-corrected chi connectivity index (χ3v) is 4.49. The van der Waals surface area contributed by atoms with Crippen LogP contribution in [0.5, 0.6) is 0 Å². The average Bonchev–Trinajstić information content (AvgIpc) is 2.85. The first kappa shape index (κ1) is 16.9. The number of aryl methyl sites for hydroxylation is 1. The van der Waals surface area contributed by atoms with Crippen LogP contribution in [0.4, 0.5) is 5.82 Å². The van der Waals surface area contributed by atoms with Crippen molar-refractivity contribution in [1.29, 1.82) is 0 Å². The van der Waals surface area contributed by atoms with E-state index < -0.39 is 0 Å². The van der Waals surface area contributed by atoms with Gasteiger partial charge in [-0.15, -0.1) is 10.2 Å². The predicted octanol–water partition coefficient (Wildman–Crippen LogP) is 4.59. The third-order valence-electron chi connectivity index (χ3n) is 3.57. The Hall–Kier alpha value is -1.93. The van der Waals surface area contributed by atoms with Crippen LogP contribution in [0.3, 0.4) is 0 Å². The smallest absolute Gasteiger partial charge is 0.168 e. The molecule has 0 amide bonds. The minimum absolute atomic E-state index is 0.352. The second kappa shape index (κ2) is 7.31. The number of aromatic nitrogens is 3. The van der Waals surface area contributed by atoms with Crippen LogP contribution < -0.4 is 5.43 Å². The maximum atomic E-state index is 5.71. The van der Waals surface area contributed by atoms with Crippen molar-refractivity contribution in [2.24, 2.45) is 5.10 Å². The number of hydrogen-bond acceptors (Lipinski definition) is 4.